The molecule has 4 rings (SSSR count). The molecule has 0 atom stereocenters. The molecule has 1 fully saturated rings. The maximum atomic E-state index is 12.9. The van der Waals surface area contributed by atoms with Gasteiger partial charge in [-0.3, -0.25) is 9.36 Å². The molecule has 0 unspecified atom stereocenters. The molecular formula is C18H16N4O4S2. The number of hydrogen-bond donors (Lipinski definition) is 1. The van der Waals surface area contributed by atoms with Gasteiger partial charge in [0.1, 0.15) is 0 Å². The van der Waals surface area contributed by atoms with Crippen molar-refractivity contribution >= 4 is 32.1 Å². The minimum Gasteiger partial charge on any atom is -0.307 e. The molecule has 144 valence electrons. The van der Waals surface area contributed by atoms with Gasteiger partial charge in [0.05, 0.1) is 44.6 Å². The molecule has 2 heterocycles. The Bertz CT molecular complexity index is 1350. The lowest BCUT2D eigenvalue weighted by molar-refractivity contribution is 0.583. The fourth-order valence-corrected chi connectivity index (χ4v) is 5.69. The SMILES string of the molecule is Cc1ncc(Cn2c(=O)[nH]c3ccc(S(=O)(=O)CC4(C#N)CC4)cc3c2=O)s1. The first-order valence-electron chi connectivity index (χ1n) is 8.55. The van der Waals surface area contributed by atoms with Crippen molar-refractivity contribution in [1.82, 2.24) is 14.5 Å². The molecule has 1 aromatic carbocycles. The quantitative estimate of drug-likeness (QED) is 0.673. The van der Waals surface area contributed by atoms with Crippen molar-refractivity contribution in [3.8, 4) is 6.07 Å². The van der Waals surface area contributed by atoms with Crippen molar-refractivity contribution in [3.63, 3.8) is 0 Å². The van der Waals surface area contributed by atoms with E-state index < -0.39 is 26.5 Å². The van der Waals surface area contributed by atoms with Crippen molar-refractivity contribution in [2.45, 2.75) is 31.2 Å². The van der Waals surface area contributed by atoms with Crippen molar-refractivity contribution in [2.75, 3.05) is 5.75 Å². The second-order valence-corrected chi connectivity index (χ2v) is 10.3. The molecule has 1 N–H and O–H groups in total. The first-order valence-corrected chi connectivity index (χ1v) is 11.0. The molecule has 1 aliphatic carbocycles. The van der Waals surface area contributed by atoms with Gasteiger partial charge in [-0.1, -0.05) is 0 Å². The molecule has 0 radical (unpaired) electrons. The molecule has 0 bridgehead atoms. The number of benzene rings is 1. The molecule has 0 amide bonds. The first kappa shape index (κ1) is 18.6. The number of thiazole rings is 1. The lowest BCUT2D eigenvalue weighted by Crippen LogP contribution is -2.35. The minimum absolute atomic E-state index is 0.0224. The second kappa shape index (κ2) is 6.39. The van der Waals surface area contributed by atoms with Gasteiger partial charge in [-0.15, -0.1) is 11.3 Å². The topological polar surface area (TPSA) is 126 Å². The zero-order valence-electron chi connectivity index (χ0n) is 14.9. The van der Waals surface area contributed by atoms with Crippen LogP contribution in [0.4, 0.5) is 0 Å². The van der Waals surface area contributed by atoms with Gasteiger partial charge in [0.2, 0.25) is 0 Å². The average molecular weight is 416 g/mol. The minimum atomic E-state index is -3.72. The van der Waals surface area contributed by atoms with Crippen molar-refractivity contribution in [1.29, 1.82) is 5.26 Å². The number of H-pyrrole nitrogens is 1. The van der Waals surface area contributed by atoms with Gasteiger partial charge in [-0.25, -0.2) is 18.2 Å². The molecule has 3 aromatic rings. The van der Waals surface area contributed by atoms with Crippen LogP contribution in [0, 0.1) is 23.7 Å². The van der Waals surface area contributed by atoms with Gasteiger partial charge in [-0.2, -0.15) is 5.26 Å². The van der Waals surface area contributed by atoms with E-state index in [-0.39, 0.29) is 28.1 Å². The molecule has 1 saturated carbocycles. The van der Waals surface area contributed by atoms with Crippen molar-refractivity contribution < 1.29 is 8.42 Å². The normalized spacial score (nSPS) is 15.4. The summed E-state index contributed by atoms with van der Waals surface area (Å²) in [5.74, 6) is -0.264. The van der Waals surface area contributed by atoms with Gasteiger partial charge < -0.3 is 4.98 Å². The predicted octanol–water partition coefficient (Wildman–Crippen LogP) is 1.58. The highest BCUT2D eigenvalue weighted by atomic mass is 32.2. The molecule has 2 aromatic heterocycles. The number of nitrogens with zero attached hydrogens (tertiary/aromatic N) is 3. The van der Waals surface area contributed by atoms with Gasteiger partial charge >= 0.3 is 5.69 Å². The summed E-state index contributed by atoms with van der Waals surface area (Å²) < 4.78 is 26.4. The van der Waals surface area contributed by atoms with Crippen LogP contribution in [0.1, 0.15) is 22.7 Å². The van der Waals surface area contributed by atoms with Crippen LogP contribution in [0.3, 0.4) is 0 Å². The van der Waals surface area contributed by atoms with Gasteiger partial charge in [0, 0.05) is 11.1 Å². The monoisotopic (exact) mass is 416 g/mol. The smallest absolute Gasteiger partial charge is 0.307 e. The highest BCUT2D eigenvalue weighted by Gasteiger charge is 2.47. The van der Waals surface area contributed by atoms with E-state index in [0.29, 0.717) is 12.8 Å². The van der Waals surface area contributed by atoms with Crippen LogP contribution in [0.2, 0.25) is 0 Å². The van der Waals surface area contributed by atoms with E-state index in [9.17, 15) is 23.3 Å². The standard InChI is InChI=1S/C18H16N4O4S2/c1-11-20-7-12(27-11)8-22-16(23)14-6-13(2-3-15(14)21-17(22)24)28(25,26)10-18(9-19)4-5-18/h2-3,6-7H,4-5,8,10H2,1H3,(H,21,24). The maximum Gasteiger partial charge on any atom is 0.329 e. The molecule has 8 nitrogen and oxygen atoms in total. The molecule has 28 heavy (non-hydrogen) atoms. The average Bonchev–Trinajstić information content (AvgIpc) is 3.29. The van der Waals surface area contributed by atoms with E-state index in [1.165, 1.54) is 29.5 Å². The Kier molecular flexibility index (Phi) is 4.24. The lowest BCUT2D eigenvalue weighted by atomic mass is 10.2. The Balaban J connectivity index is 1.79. The van der Waals surface area contributed by atoms with E-state index in [1.807, 2.05) is 6.92 Å². The number of hydrogen-bond acceptors (Lipinski definition) is 7. The third kappa shape index (κ3) is 3.27. The van der Waals surface area contributed by atoms with Crippen molar-refractivity contribution in [3.05, 3.63) is 55.1 Å². The molecule has 1 aliphatic rings. The van der Waals surface area contributed by atoms with Crippen molar-refractivity contribution in [2.24, 2.45) is 5.41 Å². The largest absolute Gasteiger partial charge is 0.329 e. The number of nitriles is 1. The number of sulfone groups is 1. The van der Waals surface area contributed by atoms with E-state index in [0.717, 1.165) is 14.5 Å². The Morgan fingerprint density at radius 1 is 1.36 bits per heavy atom. The third-order valence-electron chi connectivity index (χ3n) is 4.85. The molecular weight excluding hydrogens is 400 g/mol. The van der Waals surface area contributed by atoms with Gasteiger partial charge in [-0.05, 0) is 38.0 Å². The van der Waals surface area contributed by atoms with E-state index in [1.54, 1.807) is 6.20 Å². The predicted molar refractivity (Wildman–Crippen MR) is 104 cm³/mol. The first-order chi connectivity index (χ1) is 13.2. The zero-order valence-corrected chi connectivity index (χ0v) is 16.6. The second-order valence-electron chi connectivity index (χ2n) is 7.03. The Hall–Kier alpha value is -2.77. The van der Waals surface area contributed by atoms with Gasteiger partial charge in [0.15, 0.2) is 9.84 Å². The Morgan fingerprint density at radius 3 is 2.71 bits per heavy atom. The Morgan fingerprint density at radius 2 is 2.11 bits per heavy atom. The van der Waals surface area contributed by atoms with E-state index in [2.05, 4.69) is 16.0 Å². The summed E-state index contributed by atoms with van der Waals surface area (Å²) in [5, 5.41) is 10.1. The van der Waals surface area contributed by atoms with Crippen LogP contribution >= 0.6 is 11.3 Å². The summed E-state index contributed by atoms with van der Waals surface area (Å²) in [7, 11) is -3.72. The highest BCUT2D eigenvalue weighted by Crippen LogP contribution is 2.46. The Labute approximate surface area is 164 Å². The lowest BCUT2D eigenvalue weighted by Gasteiger charge is -2.09. The summed E-state index contributed by atoms with van der Waals surface area (Å²) in [6.45, 7) is 1.89. The number of aromatic nitrogens is 3. The van der Waals surface area contributed by atoms with Crippen LogP contribution in [-0.4, -0.2) is 28.7 Å². The van der Waals surface area contributed by atoms with E-state index in [4.69, 9.17) is 0 Å². The third-order valence-corrected chi connectivity index (χ3v) is 7.65. The molecule has 0 spiro atoms. The van der Waals surface area contributed by atoms with Crippen LogP contribution < -0.4 is 11.2 Å². The maximum absolute atomic E-state index is 12.9. The highest BCUT2D eigenvalue weighted by molar-refractivity contribution is 7.91. The van der Waals surface area contributed by atoms with Crippen LogP contribution in [0.25, 0.3) is 10.9 Å². The number of rotatable bonds is 5. The summed E-state index contributed by atoms with van der Waals surface area (Å²) in [6.07, 6.45) is 2.73. The number of aryl methyl sites for hydroxylation is 1. The van der Waals surface area contributed by atoms with E-state index >= 15 is 0 Å². The fraction of sp³-hybridized carbons (Fsp3) is 0.333. The van der Waals surface area contributed by atoms with Gasteiger partial charge in [0.25, 0.3) is 5.56 Å². The number of fused-ring (bicyclic) bond motifs is 1. The van der Waals surface area contributed by atoms with Crippen LogP contribution in [0.5, 0.6) is 0 Å². The summed E-state index contributed by atoms with van der Waals surface area (Å²) >= 11 is 1.38. The van der Waals surface area contributed by atoms with Crippen LogP contribution in [0.15, 0.2) is 38.9 Å². The van der Waals surface area contributed by atoms with Crippen LogP contribution in [-0.2, 0) is 16.4 Å². The number of aromatic amines is 1. The summed E-state index contributed by atoms with van der Waals surface area (Å²) in [6, 6.07) is 6.13. The molecule has 0 aliphatic heterocycles. The molecule has 0 saturated heterocycles. The zero-order chi connectivity index (χ0) is 20.1. The summed E-state index contributed by atoms with van der Waals surface area (Å²) in [4.78, 5) is 32.7. The summed E-state index contributed by atoms with van der Waals surface area (Å²) in [5.41, 5.74) is -1.68. The number of nitrogens with one attached hydrogen (secondary N) is 1. The fourth-order valence-electron chi connectivity index (χ4n) is 3.09. The molecule has 10 heteroatoms.